The van der Waals surface area contributed by atoms with Gasteiger partial charge in [0, 0.05) is 11.6 Å². The van der Waals surface area contributed by atoms with Crippen LogP contribution in [0.2, 0.25) is 0 Å². The Labute approximate surface area is 114 Å². The highest BCUT2D eigenvalue weighted by Crippen LogP contribution is 2.14. The van der Waals surface area contributed by atoms with Crippen molar-refractivity contribution in [3.63, 3.8) is 0 Å². The molecule has 0 atom stereocenters. The minimum atomic E-state index is 0.827. The predicted molar refractivity (Wildman–Crippen MR) is 78.6 cm³/mol. The Bertz CT molecular complexity index is 568. The number of aryl methyl sites for hydroxylation is 1. The van der Waals surface area contributed by atoms with E-state index >= 15 is 0 Å². The minimum Gasteiger partial charge on any atom is -0.493 e. The maximum atomic E-state index is 4.87. The number of aliphatic imine (C=N–C) groups is 1. The molecule has 0 aromatic heterocycles. The summed E-state index contributed by atoms with van der Waals surface area (Å²) in [7, 11) is 1.58. The third-order valence-electron chi connectivity index (χ3n) is 2.67. The van der Waals surface area contributed by atoms with Crippen LogP contribution in [-0.4, -0.2) is 12.8 Å². The lowest BCUT2D eigenvalue weighted by Gasteiger charge is -2.03. The van der Waals surface area contributed by atoms with E-state index in [1.807, 2.05) is 42.5 Å². The Morgan fingerprint density at radius 3 is 2.37 bits per heavy atom. The summed E-state index contributed by atoms with van der Waals surface area (Å²) in [5.41, 5.74) is 4.00. The normalized spacial score (nSPS) is 11.8. The molecular formula is C17H16NO. The molecule has 2 rings (SSSR count). The Hall–Kier alpha value is -2.35. The second-order valence-electron chi connectivity index (χ2n) is 4.16. The van der Waals surface area contributed by atoms with Crippen molar-refractivity contribution >= 4 is 11.4 Å². The largest absolute Gasteiger partial charge is 0.493 e. The van der Waals surface area contributed by atoms with E-state index in [1.165, 1.54) is 5.56 Å². The summed E-state index contributed by atoms with van der Waals surface area (Å²) in [5.74, 6) is 0. The summed E-state index contributed by atoms with van der Waals surface area (Å²) in [4.78, 5) is 4.61. The van der Waals surface area contributed by atoms with Crippen LogP contribution in [0, 0.1) is 13.2 Å². The van der Waals surface area contributed by atoms with Gasteiger partial charge in [-0.25, -0.2) is 4.99 Å². The fraction of sp³-hybridized carbons (Fsp3) is 0.118. The van der Waals surface area contributed by atoms with E-state index < -0.39 is 0 Å². The number of ether oxygens (including phenoxy) is 1. The van der Waals surface area contributed by atoms with Crippen molar-refractivity contribution in [3.05, 3.63) is 78.1 Å². The smallest absolute Gasteiger partial charge is 0.162 e. The van der Waals surface area contributed by atoms with Gasteiger partial charge in [0.05, 0.1) is 18.5 Å². The topological polar surface area (TPSA) is 21.6 Å². The molecular weight excluding hydrogens is 234 g/mol. The van der Waals surface area contributed by atoms with Crippen molar-refractivity contribution in [2.45, 2.75) is 6.92 Å². The molecule has 1 radical (unpaired) electrons. The van der Waals surface area contributed by atoms with Crippen LogP contribution in [0.5, 0.6) is 0 Å². The first-order valence-electron chi connectivity index (χ1n) is 6.12. The molecule has 0 aliphatic rings. The molecule has 0 N–H and O–H groups in total. The first kappa shape index (κ1) is 13.1. The molecule has 0 spiro atoms. The highest BCUT2D eigenvalue weighted by Gasteiger charge is 2.00. The fourth-order valence-corrected chi connectivity index (χ4v) is 1.66. The summed E-state index contributed by atoms with van der Waals surface area (Å²) in [6.07, 6.45) is 4.47. The van der Waals surface area contributed by atoms with Crippen LogP contribution in [0.4, 0.5) is 5.69 Å². The molecule has 2 aromatic rings. The van der Waals surface area contributed by atoms with Gasteiger partial charge >= 0.3 is 0 Å². The highest BCUT2D eigenvalue weighted by molar-refractivity contribution is 6.09. The predicted octanol–water partition coefficient (Wildman–Crippen LogP) is 4.08. The molecule has 0 unspecified atom stereocenters. The summed E-state index contributed by atoms with van der Waals surface area (Å²) < 4.78 is 4.87. The first-order chi connectivity index (χ1) is 9.29. The van der Waals surface area contributed by atoms with Gasteiger partial charge in [-0.1, -0.05) is 48.0 Å². The van der Waals surface area contributed by atoms with Gasteiger partial charge in [0.15, 0.2) is 6.26 Å². The number of hydrogen-bond donors (Lipinski definition) is 0. The summed E-state index contributed by atoms with van der Waals surface area (Å²) in [5, 5.41) is 0. The van der Waals surface area contributed by atoms with Crippen molar-refractivity contribution < 1.29 is 4.74 Å². The van der Waals surface area contributed by atoms with E-state index in [0.717, 1.165) is 17.0 Å². The van der Waals surface area contributed by atoms with Crippen LogP contribution in [0.25, 0.3) is 0 Å². The van der Waals surface area contributed by atoms with Crippen LogP contribution >= 0.6 is 0 Å². The number of hydrogen-bond acceptors (Lipinski definition) is 2. The number of methoxy groups -OCH3 is 1. The molecule has 0 bridgehead atoms. The molecule has 0 fully saturated rings. The van der Waals surface area contributed by atoms with Gasteiger partial charge in [0.2, 0.25) is 0 Å². The second-order valence-corrected chi connectivity index (χ2v) is 4.16. The zero-order chi connectivity index (χ0) is 13.5. The molecule has 0 heterocycles. The number of benzene rings is 2. The summed E-state index contributed by atoms with van der Waals surface area (Å²) >= 11 is 0. The molecule has 2 aromatic carbocycles. The highest BCUT2D eigenvalue weighted by atomic mass is 16.5. The maximum absolute atomic E-state index is 4.87. The molecule has 0 saturated carbocycles. The average Bonchev–Trinajstić information content (AvgIpc) is 2.45. The quantitative estimate of drug-likeness (QED) is 0.592. The molecule has 2 nitrogen and oxygen atoms in total. The third kappa shape index (κ3) is 3.81. The zero-order valence-electron chi connectivity index (χ0n) is 11.1. The molecule has 0 saturated heterocycles. The van der Waals surface area contributed by atoms with Crippen LogP contribution in [0.3, 0.4) is 0 Å². The standard InChI is InChI=1S/C17H16NO/c1-14-8-10-15(11-9-14)17(12-13-19-2)18-16-6-4-3-5-7-16/h3-12H,1-2H3. The average molecular weight is 250 g/mol. The summed E-state index contributed by atoms with van der Waals surface area (Å²) in [6, 6.07) is 18.1. The zero-order valence-corrected chi connectivity index (χ0v) is 11.1. The van der Waals surface area contributed by atoms with E-state index in [2.05, 4.69) is 30.3 Å². The van der Waals surface area contributed by atoms with E-state index in [4.69, 9.17) is 4.74 Å². The first-order valence-corrected chi connectivity index (χ1v) is 6.12. The lowest BCUT2D eigenvalue weighted by Crippen LogP contribution is -1.96. The van der Waals surface area contributed by atoms with Crippen LogP contribution < -0.4 is 0 Å². The second kappa shape index (κ2) is 6.55. The fourth-order valence-electron chi connectivity index (χ4n) is 1.66. The van der Waals surface area contributed by atoms with Gasteiger partial charge < -0.3 is 4.74 Å². The molecule has 95 valence electrons. The number of allylic oxidation sites excluding steroid dienone is 1. The van der Waals surface area contributed by atoms with Crippen LogP contribution in [-0.2, 0) is 4.74 Å². The van der Waals surface area contributed by atoms with Crippen LogP contribution in [0.1, 0.15) is 11.1 Å². The van der Waals surface area contributed by atoms with E-state index in [1.54, 1.807) is 13.2 Å². The van der Waals surface area contributed by atoms with Crippen molar-refractivity contribution in [3.8, 4) is 0 Å². The van der Waals surface area contributed by atoms with Gasteiger partial charge in [-0.05, 0) is 19.1 Å². The number of nitrogens with zero attached hydrogens (tertiary/aromatic N) is 1. The monoisotopic (exact) mass is 250 g/mol. The lowest BCUT2D eigenvalue weighted by molar-refractivity contribution is 0.313. The van der Waals surface area contributed by atoms with Crippen molar-refractivity contribution in [1.29, 1.82) is 0 Å². The molecule has 0 aliphatic carbocycles. The molecule has 2 heteroatoms. The minimum absolute atomic E-state index is 0.827. The lowest BCUT2D eigenvalue weighted by atomic mass is 10.1. The van der Waals surface area contributed by atoms with Crippen molar-refractivity contribution in [2.75, 3.05) is 7.11 Å². The Kier molecular flexibility index (Phi) is 4.51. The molecule has 0 amide bonds. The van der Waals surface area contributed by atoms with Crippen LogP contribution in [0.15, 0.2) is 65.7 Å². The van der Waals surface area contributed by atoms with Crippen molar-refractivity contribution in [2.24, 2.45) is 4.99 Å². The Balaban J connectivity index is 2.38. The van der Waals surface area contributed by atoms with E-state index in [-0.39, 0.29) is 0 Å². The number of rotatable bonds is 4. The summed E-state index contributed by atoms with van der Waals surface area (Å²) in [6.45, 7) is 2.06. The van der Waals surface area contributed by atoms with E-state index in [9.17, 15) is 0 Å². The molecule has 19 heavy (non-hydrogen) atoms. The Morgan fingerprint density at radius 1 is 1.05 bits per heavy atom. The Morgan fingerprint density at radius 2 is 1.74 bits per heavy atom. The SMILES string of the molecule is CO[C]=CC(=Nc1ccccc1)c1ccc(C)cc1. The maximum Gasteiger partial charge on any atom is 0.162 e. The third-order valence-corrected chi connectivity index (χ3v) is 2.67. The van der Waals surface area contributed by atoms with Gasteiger partial charge in [-0.3, -0.25) is 0 Å². The van der Waals surface area contributed by atoms with E-state index in [0.29, 0.717) is 0 Å². The van der Waals surface area contributed by atoms with Gasteiger partial charge in [0.25, 0.3) is 0 Å². The molecule has 0 aliphatic heterocycles. The van der Waals surface area contributed by atoms with Gasteiger partial charge in [-0.2, -0.15) is 0 Å². The van der Waals surface area contributed by atoms with Gasteiger partial charge in [0.1, 0.15) is 0 Å². The number of para-hydroxylation sites is 1. The van der Waals surface area contributed by atoms with Gasteiger partial charge in [-0.15, -0.1) is 0 Å². The van der Waals surface area contributed by atoms with Crippen molar-refractivity contribution in [1.82, 2.24) is 0 Å².